The molecule has 0 aliphatic carbocycles. The van der Waals surface area contributed by atoms with Crippen LogP contribution in [-0.4, -0.2) is 30.4 Å². The summed E-state index contributed by atoms with van der Waals surface area (Å²) in [5.41, 5.74) is 12.0. The number of nitrogen functional groups attached to an aromatic ring is 2. The topological polar surface area (TPSA) is 129 Å². The molecule has 0 unspecified atom stereocenters. The third kappa shape index (κ3) is 6.94. The van der Waals surface area contributed by atoms with Gasteiger partial charge in [-0.2, -0.15) is 10.2 Å². The third-order valence-corrected chi connectivity index (χ3v) is 1.79. The number of hydrogen-bond donors (Lipinski definition) is 2. The predicted octanol–water partition coefficient (Wildman–Crippen LogP) is 1.63. The van der Waals surface area contributed by atoms with Gasteiger partial charge in [0.15, 0.2) is 0 Å². The molecule has 0 bridgehead atoms. The first kappa shape index (κ1) is 19.7. The average molecular weight is 280 g/mol. The first-order chi connectivity index (χ1) is 8.65. The van der Waals surface area contributed by atoms with Crippen LogP contribution in [0, 0.1) is 0 Å². The Balaban J connectivity index is -0.000000270. The van der Waals surface area contributed by atoms with Crippen molar-refractivity contribution >= 4 is 18.0 Å². The Labute approximate surface area is 120 Å². The molecule has 2 aromatic rings. The van der Waals surface area contributed by atoms with Crippen LogP contribution in [-0.2, 0) is 6.42 Å². The molecule has 2 heterocycles. The van der Waals surface area contributed by atoms with Crippen LogP contribution in [0.1, 0.15) is 34.6 Å². The summed E-state index contributed by atoms with van der Waals surface area (Å²) < 4.78 is 0. The van der Waals surface area contributed by atoms with Crippen LogP contribution in [0.25, 0.3) is 6.08 Å². The van der Waals surface area contributed by atoms with Crippen molar-refractivity contribution in [3.05, 3.63) is 30.4 Å². The molecule has 2 aromatic heterocycles. The number of nitrogens with zero attached hydrogens (tertiary/aromatic N) is 6. The van der Waals surface area contributed by atoms with Gasteiger partial charge in [0.25, 0.3) is 0 Å². The Morgan fingerprint density at radius 1 is 1.10 bits per heavy atom. The van der Waals surface area contributed by atoms with Gasteiger partial charge in [-0.05, 0) is 12.5 Å². The van der Waals surface area contributed by atoms with E-state index < -0.39 is 0 Å². The van der Waals surface area contributed by atoms with Crippen LogP contribution in [0.2, 0.25) is 0 Å². The zero-order chi connectivity index (χ0) is 13.4. The maximum Gasteiger partial charge on any atom is 0.240 e. The molecule has 0 amide bonds. The van der Waals surface area contributed by atoms with Crippen LogP contribution < -0.4 is 11.5 Å². The predicted molar refractivity (Wildman–Crippen MR) is 83.5 cm³/mol. The van der Waals surface area contributed by atoms with E-state index in [4.69, 9.17) is 11.5 Å². The number of nitrogens with two attached hydrogens (primary N) is 2. The molecular weight excluding hydrogens is 256 g/mol. The largest absolute Gasteiger partial charge is 0.366 e. The lowest BCUT2D eigenvalue weighted by atomic mass is 10.4. The first-order valence-corrected chi connectivity index (χ1v) is 5.17. The molecule has 2 rings (SSSR count). The number of anilines is 2. The summed E-state index contributed by atoms with van der Waals surface area (Å²) in [5, 5.41) is 14.1. The van der Waals surface area contributed by atoms with Crippen molar-refractivity contribution in [1.82, 2.24) is 30.4 Å². The van der Waals surface area contributed by atoms with E-state index in [1.165, 1.54) is 6.20 Å². The van der Waals surface area contributed by atoms with Gasteiger partial charge in [0.05, 0.1) is 23.8 Å². The fourth-order valence-electron chi connectivity index (χ4n) is 0.952. The Hall–Kier alpha value is -2.64. The van der Waals surface area contributed by atoms with Gasteiger partial charge in [-0.15, -0.1) is 10.2 Å². The number of aryl methyl sites for hydroxylation is 1. The molecule has 0 fully saturated rings. The molecule has 0 spiro atoms. The monoisotopic (exact) mass is 280 g/mol. The van der Waals surface area contributed by atoms with Crippen molar-refractivity contribution < 1.29 is 1.43 Å². The van der Waals surface area contributed by atoms with Gasteiger partial charge in [-0.1, -0.05) is 28.4 Å². The van der Waals surface area contributed by atoms with Crippen LogP contribution in [0.15, 0.2) is 19.0 Å². The quantitative estimate of drug-likeness (QED) is 0.848. The highest BCUT2D eigenvalue weighted by atomic mass is 15.2. The number of aromatic nitrogens is 6. The van der Waals surface area contributed by atoms with Crippen LogP contribution in [0.3, 0.4) is 0 Å². The smallest absolute Gasteiger partial charge is 0.240 e. The minimum atomic E-state index is 0. The van der Waals surface area contributed by atoms with Gasteiger partial charge >= 0.3 is 0 Å². The standard InChI is InChI=1S/C5H8N4.C5H6N4.2CH4.H2/c2*1-2-4-3-7-9-5(6)8-4;;;/h3H,2H2,1H3,(H2,6,8,9);2-3H,1H2,(H2,6,8,9);2*1H4;1H. The van der Waals surface area contributed by atoms with E-state index in [2.05, 4.69) is 36.9 Å². The van der Waals surface area contributed by atoms with Gasteiger partial charge in [0.1, 0.15) is 0 Å². The maximum absolute atomic E-state index is 5.25. The van der Waals surface area contributed by atoms with E-state index >= 15 is 0 Å². The van der Waals surface area contributed by atoms with Crippen LogP contribution in [0.4, 0.5) is 11.9 Å². The van der Waals surface area contributed by atoms with Crippen molar-refractivity contribution in [2.24, 2.45) is 0 Å². The Kier molecular flexibility index (Phi) is 10.1. The normalized spacial score (nSPS) is 8.25. The van der Waals surface area contributed by atoms with Crippen LogP contribution >= 0.6 is 0 Å². The van der Waals surface area contributed by atoms with Crippen molar-refractivity contribution in [2.45, 2.75) is 28.2 Å². The SMILES string of the molecule is C.C.C=Cc1cnnc(N)n1.CCc1cnnc(N)n1.[HH]. The van der Waals surface area contributed by atoms with E-state index in [9.17, 15) is 0 Å². The highest BCUT2D eigenvalue weighted by Crippen LogP contribution is 1.93. The van der Waals surface area contributed by atoms with E-state index in [1.807, 2.05) is 6.92 Å². The van der Waals surface area contributed by atoms with Crippen LogP contribution in [0.5, 0.6) is 0 Å². The van der Waals surface area contributed by atoms with Gasteiger partial charge in [-0.3, -0.25) is 0 Å². The van der Waals surface area contributed by atoms with Crippen molar-refractivity contribution in [3.8, 4) is 0 Å². The zero-order valence-electron chi connectivity index (χ0n) is 9.98. The third-order valence-electron chi connectivity index (χ3n) is 1.79. The molecule has 0 aliphatic rings. The lowest BCUT2D eigenvalue weighted by molar-refractivity contribution is 0.913. The summed E-state index contributed by atoms with van der Waals surface area (Å²) in [4.78, 5) is 7.67. The molecular formula is C12H24N8. The van der Waals surface area contributed by atoms with Gasteiger partial charge in [0.2, 0.25) is 11.9 Å². The Morgan fingerprint density at radius 3 is 2.00 bits per heavy atom. The second-order valence-electron chi connectivity index (χ2n) is 3.10. The van der Waals surface area contributed by atoms with E-state index in [0.717, 1.165) is 12.1 Å². The second-order valence-corrected chi connectivity index (χ2v) is 3.10. The van der Waals surface area contributed by atoms with Crippen molar-refractivity contribution in [1.29, 1.82) is 0 Å². The van der Waals surface area contributed by atoms with E-state index in [1.54, 1.807) is 12.3 Å². The average Bonchev–Trinajstić information content (AvgIpc) is 2.39. The first-order valence-electron chi connectivity index (χ1n) is 5.17. The summed E-state index contributed by atoms with van der Waals surface area (Å²) >= 11 is 0. The molecule has 8 heteroatoms. The molecule has 0 aromatic carbocycles. The molecule has 4 N–H and O–H groups in total. The summed E-state index contributed by atoms with van der Waals surface area (Å²) in [5.74, 6) is 0.418. The fourth-order valence-corrected chi connectivity index (χ4v) is 0.952. The Bertz CT molecular complexity index is 520. The van der Waals surface area contributed by atoms with Crippen molar-refractivity contribution in [3.63, 3.8) is 0 Å². The van der Waals surface area contributed by atoms with Gasteiger partial charge < -0.3 is 11.5 Å². The number of hydrogen-bond acceptors (Lipinski definition) is 8. The molecule has 112 valence electrons. The second kappa shape index (κ2) is 10.3. The lowest BCUT2D eigenvalue weighted by Gasteiger charge is -1.92. The Morgan fingerprint density at radius 2 is 1.65 bits per heavy atom. The van der Waals surface area contributed by atoms with E-state index in [-0.39, 0.29) is 28.2 Å². The number of rotatable bonds is 2. The highest BCUT2D eigenvalue weighted by molar-refractivity contribution is 5.40. The molecule has 20 heavy (non-hydrogen) atoms. The molecule has 0 radical (unpaired) electrons. The van der Waals surface area contributed by atoms with Gasteiger partial charge in [0, 0.05) is 1.43 Å². The summed E-state index contributed by atoms with van der Waals surface area (Å²) in [6.07, 6.45) is 5.50. The highest BCUT2D eigenvalue weighted by Gasteiger charge is 1.90. The van der Waals surface area contributed by atoms with E-state index in [0.29, 0.717) is 5.69 Å². The molecule has 0 aliphatic heterocycles. The molecule has 8 nitrogen and oxygen atoms in total. The maximum atomic E-state index is 5.25. The lowest BCUT2D eigenvalue weighted by Crippen LogP contribution is -1.99. The minimum Gasteiger partial charge on any atom is -0.366 e. The van der Waals surface area contributed by atoms with Gasteiger partial charge in [-0.25, -0.2) is 9.97 Å². The molecule has 0 atom stereocenters. The summed E-state index contributed by atoms with van der Waals surface area (Å²) in [6, 6.07) is 0. The fraction of sp³-hybridized carbons (Fsp3) is 0.333. The zero-order valence-corrected chi connectivity index (χ0v) is 9.98. The van der Waals surface area contributed by atoms with Crippen molar-refractivity contribution in [2.75, 3.05) is 11.5 Å². The summed E-state index contributed by atoms with van der Waals surface area (Å²) in [7, 11) is 0. The minimum absolute atomic E-state index is 0. The summed E-state index contributed by atoms with van der Waals surface area (Å²) in [6.45, 7) is 5.48. The molecule has 0 saturated heterocycles. The molecule has 0 saturated carbocycles.